The van der Waals surface area contributed by atoms with Gasteiger partial charge in [0.1, 0.15) is 17.7 Å². The van der Waals surface area contributed by atoms with Crippen LogP contribution < -0.4 is 14.2 Å². The summed E-state index contributed by atoms with van der Waals surface area (Å²) in [6, 6.07) is 6.90. The molecule has 3 aromatic rings. The molecule has 1 saturated heterocycles. The molecule has 0 aromatic carbocycles. The predicted molar refractivity (Wildman–Crippen MR) is 111 cm³/mol. The number of amides is 1. The van der Waals surface area contributed by atoms with Crippen molar-refractivity contribution < 1.29 is 19.0 Å². The zero-order valence-corrected chi connectivity index (χ0v) is 17.6. The molecule has 3 aromatic heterocycles. The van der Waals surface area contributed by atoms with Crippen molar-refractivity contribution in [1.82, 2.24) is 29.9 Å². The quantitative estimate of drug-likeness (QED) is 0.567. The summed E-state index contributed by atoms with van der Waals surface area (Å²) in [5.41, 5.74) is 0.687. The lowest BCUT2D eigenvalue weighted by molar-refractivity contribution is 0.0520. The molecule has 0 spiro atoms. The first-order valence-corrected chi connectivity index (χ1v) is 9.95. The predicted octanol–water partition coefficient (Wildman–Crippen LogP) is 1.63. The zero-order chi connectivity index (χ0) is 22.5. The van der Waals surface area contributed by atoms with E-state index in [1.165, 1.54) is 37.6 Å². The molecule has 32 heavy (non-hydrogen) atoms. The summed E-state index contributed by atoms with van der Waals surface area (Å²) < 4.78 is 16.5. The minimum atomic E-state index is -0.305. The van der Waals surface area contributed by atoms with E-state index in [-0.39, 0.29) is 29.5 Å². The lowest BCUT2D eigenvalue weighted by atomic mass is 10.1. The molecule has 1 amide bonds. The van der Waals surface area contributed by atoms with Gasteiger partial charge in [0, 0.05) is 18.8 Å². The minimum Gasteiger partial charge on any atom is -0.490 e. The van der Waals surface area contributed by atoms with Crippen molar-refractivity contribution in [2.45, 2.75) is 18.9 Å². The summed E-state index contributed by atoms with van der Waals surface area (Å²) in [6.07, 6.45) is 5.69. The highest BCUT2D eigenvalue weighted by Crippen LogP contribution is 2.30. The van der Waals surface area contributed by atoms with Crippen LogP contribution in [-0.4, -0.2) is 69.2 Å². The number of pyridine rings is 2. The Morgan fingerprint density at radius 1 is 1.16 bits per heavy atom. The maximum absolute atomic E-state index is 13.4. The number of likely N-dealkylation sites (tertiary alicyclic amines) is 1. The van der Waals surface area contributed by atoms with Crippen LogP contribution in [0.3, 0.4) is 0 Å². The van der Waals surface area contributed by atoms with E-state index in [0.717, 1.165) is 12.8 Å². The van der Waals surface area contributed by atoms with Gasteiger partial charge in [-0.3, -0.25) is 4.79 Å². The molecule has 1 aliphatic rings. The summed E-state index contributed by atoms with van der Waals surface area (Å²) in [6.45, 7) is 0.915. The number of hydrogen-bond acceptors (Lipinski definition) is 9. The zero-order valence-electron chi connectivity index (χ0n) is 17.6. The van der Waals surface area contributed by atoms with E-state index in [2.05, 4.69) is 26.2 Å². The summed E-state index contributed by atoms with van der Waals surface area (Å²) >= 11 is 0. The van der Waals surface area contributed by atoms with Crippen LogP contribution in [0.15, 0.2) is 36.8 Å². The van der Waals surface area contributed by atoms with E-state index in [0.29, 0.717) is 30.1 Å². The summed E-state index contributed by atoms with van der Waals surface area (Å²) in [5, 5.41) is 17.5. The van der Waals surface area contributed by atoms with Gasteiger partial charge in [0.05, 0.1) is 38.7 Å². The van der Waals surface area contributed by atoms with Gasteiger partial charge < -0.3 is 19.1 Å². The maximum Gasteiger partial charge on any atom is 0.258 e. The van der Waals surface area contributed by atoms with E-state index in [4.69, 9.17) is 14.2 Å². The van der Waals surface area contributed by atoms with Gasteiger partial charge in [-0.05, 0) is 25.0 Å². The number of carbonyl (C=O) groups is 1. The highest BCUT2D eigenvalue weighted by Gasteiger charge is 2.29. The molecule has 1 aliphatic heterocycles. The number of methoxy groups -OCH3 is 2. The molecule has 4 rings (SSSR count). The molecular weight excluding hydrogens is 414 g/mol. The monoisotopic (exact) mass is 435 g/mol. The van der Waals surface area contributed by atoms with Crippen LogP contribution in [0, 0.1) is 11.3 Å². The number of carbonyl (C=O) groups excluding carboxylic acids is 1. The first-order chi connectivity index (χ1) is 15.6. The van der Waals surface area contributed by atoms with Crippen LogP contribution in [0.25, 0.3) is 5.82 Å². The SMILES string of the molecule is COc1ccc(C(=O)N2CCC[C@@H](Oc3nccc(C#N)c3OC)C2)c(-n2nccn2)n1. The molecule has 0 N–H and O–H groups in total. The molecule has 0 aliphatic carbocycles. The van der Waals surface area contributed by atoms with Gasteiger partial charge in [0.15, 0.2) is 11.6 Å². The van der Waals surface area contributed by atoms with Crippen LogP contribution in [0.5, 0.6) is 17.5 Å². The Morgan fingerprint density at radius 2 is 1.97 bits per heavy atom. The van der Waals surface area contributed by atoms with E-state index >= 15 is 0 Å². The summed E-state index contributed by atoms with van der Waals surface area (Å²) in [5.74, 6) is 0.936. The Balaban J connectivity index is 1.56. The second-order valence-corrected chi connectivity index (χ2v) is 6.99. The van der Waals surface area contributed by atoms with E-state index in [9.17, 15) is 10.1 Å². The highest BCUT2D eigenvalue weighted by atomic mass is 16.5. The number of nitrogens with zero attached hydrogens (tertiary/aromatic N) is 7. The van der Waals surface area contributed by atoms with Crippen molar-refractivity contribution in [1.29, 1.82) is 5.26 Å². The van der Waals surface area contributed by atoms with Gasteiger partial charge in [-0.15, -0.1) is 4.80 Å². The molecule has 4 heterocycles. The first-order valence-electron chi connectivity index (χ1n) is 9.95. The average Bonchev–Trinajstić information content (AvgIpc) is 3.38. The van der Waals surface area contributed by atoms with Gasteiger partial charge in [0.25, 0.3) is 11.8 Å². The third-order valence-corrected chi connectivity index (χ3v) is 5.04. The molecule has 0 saturated carbocycles. The number of aromatic nitrogens is 5. The fourth-order valence-electron chi connectivity index (χ4n) is 3.53. The summed E-state index contributed by atoms with van der Waals surface area (Å²) in [4.78, 5) is 24.9. The molecule has 11 heteroatoms. The van der Waals surface area contributed by atoms with Crippen LogP contribution >= 0.6 is 0 Å². The van der Waals surface area contributed by atoms with Crippen LogP contribution in [0.2, 0.25) is 0 Å². The molecule has 11 nitrogen and oxygen atoms in total. The van der Waals surface area contributed by atoms with Gasteiger partial charge in [-0.1, -0.05) is 0 Å². The minimum absolute atomic E-state index is 0.216. The molecular formula is C21H21N7O4. The van der Waals surface area contributed by atoms with Crippen molar-refractivity contribution in [2.24, 2.45) is 0 Å². The smallest absolute Gasteiger partial charge is 0.258 e. The Kier molecular flexibility index (Phi) is 6.12. The average molecular weight is 435 g/mol. The van der Waals surface area contributed by atoms with Crippen molar-refractivity contribution >= 4 is 5.91 Å². The number of piperidine rings is 1. The van der Waals surface area contributed by atoms with Gasteiger partial charge >= 0.3 is 0 Å². The normalized spacial score (nSPS) is 15.7. The number of rotatable bonds is 6. The number of nitriles is 1. The first kappa shape index (κ1) is 21.0. The van der Waals surface area contributed by atoms with Crippen molar-refractivity contribution in [3.63, 3.8) is 0 Å². The lowest BCUT2D eigenvalue weighted by Gasteiger charge is -2.33. The third kappa shape index (κ3) is 4.15. The van der Waals surface area contributed by atoms with Gasteiger partial charge in [-0.2, -0.15) is 20.4 Å². The van der Waals surface area contributed by atoms with E-state index < -0.39 is 0 Å². The molecule has 1 atom stereocenters. The van der Waals surface area contributed by atoms with Crippen LogP contribution in [0.1, 0.15) is 28.8 Å². The van der Waals surface area contributed by atoms with Crippen LogP contribution in [-0.2, 0) is 0 Å². The molecule has 164 valence electrons. The van der Waals surface area contributed by atoms with Crippen molar-refractivity contribution in [3.8, 4) is 29.4 Å². The second kappa shape index (κ2) is 9.30. The topological polar surface area (TPSA) is 128 Å². The Morgan fingerprint density at radius 3 is 2.69 bits per heavy atom. The molecule has 0 unspecified atom stereocenters. The number of hydrogen-bond donors (Lipinski definition) is 0. The fourth-order valence-corrected chi connectivity index (χ4v) is 3.53. The maximum atomic E-state index is 13.4. The third-order valence-electron chi connectivity index (χ3n) is 5.04. The Bertz CT molecular complexity index is 1140. The van der Waals surface area contributed by atoms with Crippen LogP contribution in [0.4, 0.5) is 0 Å². The molecule has 0 radical (unpaired) electrons. The number of ether oxygens (including phenoxy) is 3. The van der Waals surface area contributed by atoms with E-state index in [1.807, 2.05) is 0 Å². The Labute approximate surface area is 184 Å². The molecule has 0 bridgehead atoms. The van der Waals surface area contributed by atoms with E-state index in [1.54, 1.807) is 23.1 Å². The van der Waals surface area contributed by atoms with Gasteiger partial charge in [0.2, 0.25) is 5.88 Å². The van der Waals surface area contributed by atoms with Crippen molar-refractivity contribution in [3.05, 3.63) is 47.9 Å². The fraction of sp³-hybridized carbons (Fsp3) is 0.333. The molecule has 1 fully saturated rings. The lowest BCUT2D eigenvalue weighted by Crippen LogP contribution is -2.44. The Hall–Kier alpha value is -4.20. The standard InChI is InChI=1S/C21H21N7O4/c1-30-17-6-5-16(19(26-17)28-24-9-10-25-28)21(29)27-11-3-4-15(13-27)32-20-18(31-2)14(12-22)7-8-23-20/h5-10,15H,3-4,11,13H2,1-2H3/t15-/m1/s1. The van der Waals surface area contributed by atoms with Gasteiger partial charge in [-0.25, -0.2) is 4.98 Å². The second-order valence-electron chi connectivity index (χ2n) is 6.99. The highest BCUT2D eigenvalue weighted by molar-refractivity contribution is 5.97. The summed E-state index contributed by atoms with van der Waals surface area (Å²) in [7, 11) is 2.96. The van der Waals surface area contributed by atoms with Crippen molar-refractivity contribution in [2.75, 3.05) is 27.3 Å². The largest absolute Gasteiger partial charge is 0.490 e.